The summed E-state index contributed by atoms with van der Waals surface area (Å²) in [5.74, 6) is -0.317. The molecule has 0 aliphatic heterocycles. The monoisotopic (exact) mass is 250 g/mol. The number of ether oxygens (including phenoxy) is 1. The summed E-state index contributed by atoms with van der Waals surface area (Å²) in [7, 11) is 1.49. The van der Waals surface area contributed by atoms with Gasteiger partial charge in [-0.2, -0.15) is 0 Å². The number of fused-ring (bicyclic) bond motifs is 1. The van der Waals surface area contributed by atoms with Crippen molar-refractivity contribution >= 4 is 16.8 Å². The minimum atomic E-state index is -0.546. The van der Waals surface area contributed by atoms with E-state index in [4.69, 9.17) is 9.15 Å². The van der Waals surface area contributed by atoms with Gasteiger partial charge in [-0.25, -0.2) is 4.39 Å². The van der Waals surface area contributed by atoms with E-state index in [0.29, 0.717) is 11.0 Å². The van der Waals surface area contributed by atoms with Crippen LogP contribution in [0, 0.1) is 11.7 Å². The van der Waals surface area contributed by atoms with E-state index >= 15 is 0 Å². The summed E-state index contributed by atoms with van der Waals surface area (Å²) in [4.78, 5) is 12.2. The van der Waals surface area contributed by atoms with Crippen LogP contribution < -0.4 is 0 Å². The number of hydrogen-bond acceptors (Lipinski definition) is 3. The molecular weight excluding hydrogens is 235 g/mol. The number of benzene rings is 1. The van der Waals surface area contributed by atoms with Crippen molar-refractivity contribution in [3.05, 3.63) is 35.8 Å². The van der Waals surface area contributed by atoms with Gasteiger partial charge in [-0.3, -0.25) is 4.79 Å². The fourth-order valence-corrected chi connectivity index (χ4v) is 1.96. The van der Waals surface area contributed by atoms with Crippen molar-refractivity contribution in [1.82, 2.24) is 0 Å². The van der Waals surface area contributed by atoms with Crippen LogP contribution in [0.1, 0.15) is 24.4 Å². The minimum Gasteiger partial charge on any atom is -0.453 e. The number of hydrogen-bond donors (Lipinski definition) is 0. The van der Waals surface area contributed by atoms with Crippen LogP contribution in [0.4, 0.5) is 4.39 Å². The molecule has 0 N–H and O–H groups in total. The van der Waals surface area contributed by atoms with Crippen LogP contribution in [0.2, 0.25) is 0 Å². The number of rotatable bonds is 4. The lowest BCUT2D eigenvalue weighted by atomic mass is 10.0. The van der Waals surface area contributed by atoms with Gasteiger partial charge in [-0.1, -0.05) is 13.8 Å². The molecule has 96 valence electrons. The Kier molecular flexibility index (Phi) is 3.48. The lowest BCUT2D eigenvalue weighted by molar-refractivity contribution is 0.0435. The maximum absolute atomic E-state index is 13.0. The first-order valence-electron chi connectivity index (χ1n) is 5.79. The summed E-state index contributed by atoms with van der Waals surface area (Å²) in [6, 6.07) is 5.71. The zero-order valence-electron chi connectivity index (χ0n) is 10.6. The Hall–Kier alpha value is -1.68. The van der Waals surface area contributed by atoms with Gasteiger partial charge in [-0.15, -0.1) is 0 Å². The highest BCUT2D eigenvalue weighted by molar-refractivity contribution is 6.00. The number of furan rings is 1. The maximum atomic E-state index is 13.0. The number of methoxy groups -OCH3 is 1. The van der Waals surface area contributed by atoms with E-state index in [1.54, 1.807) is 6.07 Å². The molecule has 0 radical (unpaired) electrons. The lowest BCUT2D eigenvalue weighted by Crippen LogP contribution is -2.28. The normalized spacial score (nSPS) is 13.2. The van der Waals surface area contributed by atoms with Gasteiger partial charge in [0.1, 0.15) is 17.5 Å². The highest BCUT2D eigenvalue weighted by atomic mass is 19.1. The SMILES string of the molecule is COC(C(=O)c1cc2cc(F)ccc2o1)C(C)C. The molecule has 0 amide bonds. The predicted molar refractivity (Wildman–Crippen MR) is 66.1 cm³/mol. The van der Waals surface area contributed by atoms with E-state index in [1.807, 2.05) is 13.8 Å². The van der Waals surface area contributed by atoms with Crippen molar-refractivity contribution in [2.45, 2.75) is 20.0 Å². The Labute approximate surface area is 105 Å². The molecule has 0 saturated heterocycles. The van der Waals surface area contributed by atoms with Crippen molar-refractivity contribution in [3.8, 4) is 0 Å². The van der Waals surface area contributed by atoms with E-state index in [0.717, 1.165) is 0 Å². The average molecular weight is 250 g/mol. The summed E-state index contributed by atoms with van der Waals surface area (Å²) in [6.07, 6.45) is -0.546. The van der Waals surface area contributed by atoms with Crippen LogP contribution >= 0.6 is 0 Å². The Bertz CT molecular complexity index is 571. The van der Waals surface area contributed by atoms with Crippen LogP contribution in [0.25, 0.3) is 11.0 Å². The van der Waals surface area contributed by atoms with E-state index in [2.05, 4.69) is 0 Å². The molecule has 0 aliphatic rings. The molecule has 0 fully saturated rings. The van der Waals surface area contributed by atoms with Crippen molar-refractivity contribution in [2.75, 3.05) is 7.11 Å². The molecule has 1 atom stereocenters. The summed E-state index contributed by atoms with van der Waals surface area (Å²) in [5.41, 5.74) is 0.498. The molecule has 2 rings (SSSR count). The zero-order valence-corrected chi connectivity index (χ0v) is 10.6. The first kappa shape index (κ1) is 12.8. The highest BCUT2D eigenvalue weighted by Crippen LogP contribution is 2.23. The largest absolute Gasteiger partial charge is 0.453 e. The summed E-state index contributed by atoms with van der Waals surface area (Å²) >= 11 is 0. The minimum absolute atomic E-state index is 0.0486. The fraction of sp³-hybridized carbons (Fsp3) is 0.357. The van der Waals surface area contributed by atoms with E-state index < -0.39 is 6.10 Å². The second-order valence-electron chi connectivity index (χ2n) is 4.56. The number of ketones is 1. The zero-order chi connectivity index (χ0) is 13.3. The summed E-state index contributed by atoms with van der Waals surface area (Å²) in [5, 5.41) is 0.581. The molecule has 2 aromatic rings. The third kappa shape index (κ3) is 2.29. The predicted octanol–water partition coefficient (Wildman–Crippen LogP) is 3.43. The summed E-state index contributed by atoms with van der Waals surface area (Å²) < 4.78 is 23.6. The van der Waals surface area contributed by atoms with Crippen LogP contribution in [0.3, 0.4) is 0 Å². The Morgan fingerprint density at radius 3 is 2.67 bits per heavy atom. The number of carbonyl (C=O) groups is 1. The van der Waals surface area contributed by atoms with Crippen LogP contribution in [0.5, 0.6) is 0 Å². The van der Waals surface area contributed by atoms with Gasteiger partial charge in [0, 0.05) is 12.5 Å². The average Bonchev–Trinajstić information content (AvgIpc) is 2.72. The molecule has 1 heterocycles. The number of halogens is 1. The Morgan fingerprint density at radius 2 is 2.06 bits per heavy atom. The number of carbonyl (C=O) groups excluding carboxylic acids is 1. The molecule has 1 unspecified atom stereocenters. The fourth-order valence-electron chi connectivity index (χ4n) is 1.96. The quantitative estimate of drug-likeness (QED) is 0.780. The second-order valence-corrected chi connectivity index (χ2v) is 4.56. The topological polar surface area (TPSA) is 39.4 Å². The molecule has 0 aliphatic carbocycles. The Morgan fingerprint density at radius 1 is 1.33 bits per heavy atom. The van der Waals surface area contributed by atoms with Crippen molar-refractivity contribution < 1.29 is 18.3 Å². The molecule has 0 bridgehead atoms. The molecule has 18 heavy (non-hydrogen) atoms. The molecular formula is C14H15FO3. The molecule has 0 spiro atoms. The maximum Gasteiger partial charge on any atom is 0.226 e. The highest BCUT2D eigenvalue weighted by Gasteiger charge is 2.26. The molecule has 4 heteroatoms. The standard InChI is InChI=1S/C14H15FO3/c1-8(2)14(17-3)13(16)12-7-9-6-10(15)4-5-11(9)18-12/h4-8,14H,1-3H3. The van der Waals surface area contributed by atoms with Gasteiger partial charge < -0.3 is 9.15 Å². The molecule has 3 nitrogen and oxygen atoms in total. The van der Waals surface area contributed by atoms with Gasteiger partial charge in [0.05, 0.1) is 0 Å². The summed E-state index contributed by atoms with van der Waals surface area (Å²) in [6.45, 7) is 3.79. The second kappa shape index (κ2) is 4.90. The molecule has 1 aromatic carbocycles. The van der Waals surface area contributed by atoms with Gasteiger partial charge in [0.2, 0.25) is 5.78 Å². The first-order chi connectivity index (χ1) is 8.52. The first-order valence-corrected chi connectivity index (χ1v) is 5.79. The Balaban J connectivity index is 2.39. The lowest BCUT2D eigenvalue weighted by Gasteiger charge is -2.15. The smallest absolute Gasteiger partial charge is 0.226 e. The van der Waals surface area contributed by atoms with E-state index in [1.165, 1.54) is 25.3 Å². The third-order valence-electron chi connectivity index (χ3n) is 2.84. The van der Waals surface area contributed by atoms with Gasteiger partial charge in [0.15, 0.2) is 5.76 Å². The van der Waals surface area contributed by atoms with Crippen LogP contribution in [0.15, 0.2) is 28.7 Å². The molecule has 1 aromatic heterocycles. The van der Waals surface area contributed by atoms with Crippen LogP contribution in [-0.4, -0.2) is 19.0 Å². The van der Waals surface area contributed by atoms with Gasteiger partial charge in [-0.05, 0) is 30.2 Å². The van der Waals surface area contributed by atoms with Gasteiger partial charge >= 0.3 is 0 Å². The molecule has 0 saturated carbocycles. The third-order valence-corrected chi connectivity index (χ3v) is 2.84. The van der Waals surface area contributed by atoms with Gasteiger partial charge in [0.25, 0.3) is 0 Å². The van der Waals surface area contributed by atoms with Crippen LogP contribution in [-0.2, 0) is 4.74 Å². The van der Waals surface area contributed by atoms with Crippen molar-refractivity contribution in [3.63, 3.8) is 0 Å². The van der Waals surface area contributed by atoms with Crippen molar-refractivity contribution in [2.24, 2.45) is 5.92 Å². The van der Waals surface area contributed by atoms with E-state index in [9.17, 15) is 9.18 Å². The number of Topliss-reactive ketones (excluding diaryl/α,β-unsaturated/α-hetero) is 1. The van der Waals surface area contributed by atoms with Crippen molar-refractivity contribution in [1.29, 1.82) is 0 Å². The van der Waals surface area contributed by atoms with E-state index in [-0.39, 0.29) is 23.3 Å².